The monoisotopic (exact) mass is 495 g/mol. The van der Waals surface area contributed by atoms with E-state index in [4.69, 9.17) is 4.98 Å². The molecule has 2 heterocycles. The standard InChI is InChI=1S/C21H26IN3OS/c1-24(19-7-6-15-4-2-3-5-18(15)19)13-17-14-27-21(23-17)16-8-10-25(11-9-16)20(26)12-22/h2-5,14,16,19H,6-13H2,1H3/t19-/m1/s1. The molecule has 0 saturated carbocycles. The van der Waals surface area contributed by atoms with E-state index in [2.05, 4.69) is 64.2 Å². The fourth-order valence-corrected chi connectivity index (χ4v) is 5.87. The fraction of sp³-hybridized carbons (Fsp3) is 0.524. The average Bonchev–Trinajstić information content (AvgIpc) is 3.34. The molecular weight excluding hydrogens is 469 g/mol. The second-order valence-corrected chi connectivity index (χ2v) is 9.29. The van der Waals surface area contributed by atoms with E-state index in [1.54, 1.807) is 11.3 Å². The molecule has 1 atom stereocenters. The number of benzene rings is 1. The molecule has 0 radical (unpaired) electrons. The summed E-state index contributed by atoms with van der Waals surface area (Å²) in [4.78, 5) is 21.3. The zero-order valence-electron chi connectivity index (χ0n) is 15.7. The molecule has 1 saturated heterocycles. The Bertz CT molecular complexity index is 800. The Morgan fingerprint density at radius 1 is 1.30 bits per heavy atom. The van der Waals surface area contributed by atoms with Crippen LogP contribution in [0.2, 0.25) is 0 Å². The highest BCUT2D eigenvalue weighted by molar-refractivity contribution is 14.1. The van der Waals surface area contributed by atoms with Crippen LogP contribution >= 0.6 is 33.9 Å². The molecule has 1 fully saturated rings. The maximum atomic E-state index is 11.8. The largest absolute Gasteiger partial charge is 0.342 e. The summed E-state index contributed by atoms with van der Waals surface area (Å²) in [6, 6.07) is 9.35. The lowest BCUT2D eigenvalue weighted by Gasteiger charge is -2.30. The number of likely N-dealkylation sites (tertiary alicyclic amines) is 1. The summed E-state index contributed by atoms with van der Waals surface area (Å²) in [5.41, 5.74) is 4.18. The van der Waals surface area contributed by atoms with Crippen molar-refractivity contribution in [3.05, 3.63) is 51.5 Å². The molecule has 1 aliphatic heterocycles. The minimum Gasteiger partial charge on any atom is -0.342 e. The van der Waals surface area contributed by atoms with E-state index in [-0.39, 0.29) is 5.91 Å². The second-order valence-electron chi connectivity index (χ2n) is 7.63. The molecule has 2 aromatic rings. The number of hydrogen-bond acceptors (Lipinski definition) is 4. The Balaban J connectivity index is 1.36. The highest BCUT2D eigenvalue weighted by Gasteiger charge is 2.27. The van der Waals surface area contributed by atoms with Crippen molar-refractivity contribution >= 4 is 39.8 Å². The molecular formula is C21H26IN3OS. The van der Waals surface area contributed by atoms with Crippen LogP contribution in [0.1, 0.15) is 53.1 Å². The fourth-order valence-electron chi connectivity index (χ4n) is 4.40. The van der Waals surface area contributed by atoms with Crippen molar-refractivity contribution in [3.63, 3.8) is 0 Å². The summed E-state index contributed by atoms with van der Waals surface area (Å²) in [5, 5.41) is 3.49. The van der Waals surface area contributed by atoms with E-state index in [9.17, 15) is 4.79 Å². The quantitative estimate of drug-likeness (QED) is 0.456. The van der Waals surface area contributed by atoms with Gasteiger partial charge < -0.3 is 4.90 Å². The number of aromatic nitrogens is 1. The predicted octanol–water partition coefficient (Wildman–Crippen LogP) is 4.40. The van der Waals surface area contributed by atoms with Gasteiger partial charge in [-0.25, -0.2) is 4.98 Å². The average molecular weight is 495 g/mol. The Kier molecular flexibility index (Phi) is 6.14. The number of carbonyl (C=O) groups excluding carboxylic acids is 1. The lowest BCUT2D eigenvalue weighted by molar-refractivity contribution is -0.129. The number of hydrogen-bond donors (Lipinski definition) is 0. The summed E-state index contributed by atoms with van der Waals surface area (Å²) in [6.45, 7) is 2.65. The molecule has 2 aliphatic rings. The molecule has 1 aliphatic carbocycles. The molecule has 144 valence electrons. The third-order valence-electron chi connectivity index (χ3n) is 5.93. The van der Waals surface area contributed by atoms with E-state index < -0.39 is 0 Å². The van der Waals surface area contributed by atoms with Crippen molar-refractivity contribution in [2.75, 3.05) is 24.6 Å². The topological polar surface area (TPSA) is 36.4 Å². The van der Waals surface area contributed by atoms with Gasteiger partial charge in [0, 0.05) is 37.0 Å². The number of aryl methyl sites for hydroxylation is 1. The molecule has 1 aromatic carbocycles. The smallest absolute Gasteiger partial charge is 0.232 e. The van der Waals surface area contributed by atoms with E-state index in [1.165, 1.54) is 34.7 Å². The van der Waals surface area contributed by atoms with Crippen LogP contribution in [0, 0.1) is 0 Å². The summed E-state index contributed by atoms with van der Waals surface area (Å²) < 4.78 is 0.584. The van der Waals surface area contributed by atoms with E-state index in [0.29, 0.717) is 16.4 Å². The number of amides is 1. The van der Waals surface area contributed by atoms with Crippen molar-refractivity contribution in [2.24, 2.45) is 0 Å². The van der Waals surface area contributed by atoms with Gasteiger partial charge in [-0.05, 0) is 43.9 Å². The number of piperidine rings is 1. The van der Waals surface area contributed by atoms with Crippen LogP contribution in [0.15, 0.2) is 29.6 Å². The molecule has 4 rings (SSSR count). The first-order chi connectivity index (χ1) is 13.2. The SMILES string of the molecule is CN(Cc1csc(C2CCN(C(=O)CI)CC2)n1)[C@@H]1CCc2ccccc21. The molecule has 1 amide bonds. The summed E-state index contributed by atoms with van der Waals surface area (Å²) in [6.07, 6.45) is 4.47. The first-order valence-corrected chi connectivity index (χ1v) is 12.1. The van der Waals surface area contributed by atoms with Crippen LogP contribution in [0.3, 0.4) is 0 Å². The van der Waals surface area contributed by atoms with Crippen LogP contribution in [-0.2, 0) is 17.8 Å². The number of fused-ring (bicyclic) bond motifs is 1. The van der Waals surface area contributed by atoms with Crippen LogP contribution in [0.25, 0.3) is 0 Å². The van der Waals surface area contributed by atoms with E-state index in [1.807, 2.05) is 4.90 Å². The minimum atomic E-state index is 0.271. The first-order valence-electron chi connectivity index (χ1n) is 9.71. The number of nitrogens with zero attached hydrogens (tertiary/aromatic N) is 3. The van der Waals surface area contributed by atoms with Crippen LogP contribution in [-0.4, -0.2) is 45.3 Å². The molecule has 0 unspecified atom stereocenters. The Morgan fingerprint density at radius 3 is 2.85 bits per heavy atom. The summed E-state index contributed by atoms with van der Waals surface area (Å²) in [5.74, 6) is 0.784. The number of halogens is 1. The Hall–Kier alpha value is -0.990. The van der Waals surface area contributed by atoms with Crippen LogP contribution in [0.4, 0.5) is 0 Å². The Morgan fingerprint density at radius 2 is 2.07 bits per heavy atom. The van der Waals surface area contributed by atoms with Gasteiger partial charge in [0.15, 0.2) is 0 Å². The van der Waals surface area contributed by atoms with Crippen molar-refractivity contribution < 1.29 is 4.79 Å². The molecule has 6 heteroatoms. The molecule has 0 spiro atoms. The zero-order valence-corrected chi connectivity index (χ0v) is 18.7. The van der Waals surface area contributed by atoms with Gasteiger partial charge in [0.1, 0.15) is 0 Å². The van der Waals surface area contributed by atoms with Crippen molar-refractivity contribution in [1.29, 1.82) is 0 Å². The zero-order chi connectivity index (χ0) is 18.8. The van der Waals surface area contributed by atoms with Crippen molar-refractivity contribution in [3.8, 4) is 0 Å². The van der Waals surface area contributed by atoms with Gasteiger partial charge in [-0.15, -0.1) is 11.3 Å². The van der Waals surface area contributed by atoms with Gasteiger partial charge in [-0.3, -0.25) is 9.69 Å². The van der Waals surface area contributed by atoms with Crippen LogP contribution < -0.4 is 0 Å². The molecule has 1 aromatic heterocycles. The number of thiazole rings is 1. The second kappa shape index (κ2) is 8.57. The third-order valence-corrected chi connectivity index (χ3v) is 7.63. The van der Waals surface area contributed by atoms with Gasteiger partial charge in [0.25, 0.3) is 0 Å². The Labute approximate surface area is 179 Å². The third kappa shape index (κ3) is 4.22. The highest BCUT2D eigenvalue weighted by Crippen LogP contribution is 2.36. The summed E-state index contributed by atoms with van der Waals surface area (Å²) >= 11 is 3.96. The lowest BCUT2D eigenvalue weighted by Crippen LogP contribution is -2.38. The molecule has 0 N–H and O–H groups in total. The number of rotatable bonds is 5. The van der Waals surface area contributed by atoms with E-state index >= 15 is 0 Å². The van der Waals surface area contributed by atoms with Gasteiger partial charge >= 0.3 is 0 Å². The van der Waals surface area contributed by atoms with E-state index in [0.717, 1.165) is 32.5 Å². The first kappa shape index (κ1) is 19.3. The predicted molar refractivity (Wildman–Crippen MR) is 119 cm³/mol. The maximum absolute atomic E-state index is 11.8. The van der Waals surface area contributed by atoms with Gasteiger partial charge in [0.05, 0.1) is 15.1 Å². The number of alkyl halides is 1. The lowest BCUT2D eigenvalue weighted by atomic mass is 9.97. The van der Waals surface area contributed by atoms with Crippen LogP contribution in [0.5, 0.6) is 0 Å². The summed E-state index contributed by atoms with van der Waals surface area (Å²) in [7, 11) is 2.22. The molecule has 4 nitrogen and oxygen atoms in total. The molecule has 27 heavy (non-hydrogen) atoms. The van der Waals surface area contributed by atoms with Gasteiger partial charge in [-0.2, -0.15) is 0 Å². The highest BCUT2D eigenvalue weighted by atomic mass is 127. The maximum Gasteiger partial charge on any atom is 0.232 e. The molecule has 0 bridgehead atoms. The normalized spacial score (nSPS) is 20.3. The number of carbonyl (C=O) groups is 1. The van der Waals surface area contributed by atoms with Gasteiger partial charge in [0.2, 0.25) is 5.91 Å². The van der Waals surface area contributed by atoms with Crippen molar-refractivity contribution in [1.82, 2.24) is 14.8 Å². The van der Waals surface area contributed by atoms with Crippen molar-refractivity contribution in [2.45, 2.75) is 44.2 Å². The minimum absolute atomic E-state index is 0.271. The van der Waals surface area contributed by atoms with Gasteiger partial charge in [-0.1, -0.05) is 46.9 Å².